The minimum Gasteiger partial charge on any atom is -0.480 e. The van der Waals surface area contributed by atoms with Gasteiger partial charge in [-0.1, -0.05) is 0 Å². The van der Waals surface area contributed by atoms with Crippen LogP contribution >= 0.6 is 25.3 Å². The van der Waals surface area contributed by atoms with E-state index in [9.17, 15) is 9.59 Å². The minimum absolute atomic E-state index is 0.0810. The van der Waals surface area contributed by atoms with E-state index in [4.69, 9.17) is 20.4 Å². The summed E-state index contributed by atoms with van der Waals surface area (Å²) in [6.45, 7) is 4.74. The van der Waals surface area contributed by atoms with Gasteiger partial charge in [0.25, 0.3) is 0 Å². The number of carboxylic acids is 2. The lowest BCUT2D eigenvalue weighted by Crippen LogP contribution is -2.06. The Morgan fingerprint density at radius 1 is 1.00 bits per heavy atom. The van der Waals surface area contributed by atoms with Crippen molar-refractivity contribution in [3.05, 3.63) is 0 Å². The molecule has 0 aromatic rings. The Morgan fingerprint density at radius 3 is 1.22 bits per heavy atom. The summed E-state index contributed by atoms with van der Waals surface area (Å²) in [7, 11) is 0. The highest BCUT2D eigenvalue weighted by Crippen LogP contribution is 1.89. The van der Waals surface area contributed by atoms with E-state index in [2.05, 4.69) is 25.3 Å². The number of aliphatic hydroxyl groups excluding tert-OH is 2. The molecular weight excluding hydrogens is 280 g/mol. The number of hydrogen-bond acceptors (Lipinski definition) is 6. The molecule has 3 atom stereocenters. The van der Waals surface area contributed by atoms with Crippen molar-refractivity contribution in [2.24, 2.45) is 0 Å². The fraction of sp³-hybridized carbons (Fsp3) is 0.800. The first-order chi connectivity index (χ1) is 8.06. The highest BCUT2D eigenvalue weighted by Gasteiger charge is 2.00. The smallest absolute Gasteiger partial charge is 0.316 e. The average Bonchev–Trinajstić information content (AvgIpc) is 2.18. The second-order valence-corrected chi connectivity index (χ2v) is 4.94. The maximum Gasteiger partial charge on any atom is 0.316 e. The van der Waals surface area contributed by atoms with Crippen molar-refractivity contribution in [1.82, 2.24) is 0 Å². The molecule has 110 valence electrons. The maximum atomic E-state index is 9.62. The van der Waals surface area contributed by atoms with Crippen molar-refractivity contribution >= 4 is 37.2 Å². The summed E-state index contributed by atoms with van der Waals surface area (Å²) in [6.07, 6.45) is 0.134. The van der Waals surface area contributed by atoms with Crippen molar-refractivity contribution in [2.45, 2.75) is 43.8 Å². The molecule has 0 spiro atoms. The second-order valence-electron chi connectivity index (χ2n) is 3.39. The zero-order valence-corrected chi connectivity index (χ0v) is 12.4. The molecule has 0 saturated heterocycles. The van der Waals surface area contributed by atoms with Gasteiger partial charge in [0.1, 0.15) is 0 Å². The van der Waals surface area contributed by atoms with E-state index in [1.165, 1.54) is 13.8 Å². The Bertz CT molecular complexity index is 200. The van der Waals surface area contributed by atoms with Gasteiger partial charge in [-0.15, -0.1) is 0 Å². The van der Waals surface area contributed by atoms with Crippen LogP contribution in [0.15, 0.2) is 0 Å². The first-order valence-electron chi connectivity index (χ1n) is 5.16. The molecular formula is C10H22O6S2. The van der Waals surface area contributed by atoms with Crippen LogP contribution in [-0.2, 0) is 9.59 Å². The van der Waals surface area contributed by atoms with E-state index < -0.39 is 22.4 Å². The molecule has 8 heteroatoms. The van der Waals surface area contributed by atoms with Crippen LogP contribution in [0.4, 0.5) is 0 Å². The Balaban J connectivity index is -0.000000187. The van der Waals surface area contributed by atoms with Crippen LogP contribution < -0.4 is 0 Å². The molecule has 4 N–H and O–H groups in total. The quantitative estimate of drug-likeness (QED) is 0.422. The van der Waals surface area contributed by atoms with Crippen molar-refractivity contribution in [2.75, 3.05) is 6.61 Å². The lowest BCUT2D eigenvalue weighted by molar-refractivity contribution is -0.137. The maximum absolute atomic E-state index is 9.62. The Kier molecular flexibility index (Phi) is 18.5. The van der Waals surface area contributed by atoms with E-state index in [-0.39, 0.29) is 12.7 Å². The third-order valence-corrected chi connectivity index (χ3v) is 1.70. The van der Waals surface area contributed by atoms with Gasteiger partial charge in [0.15, 0.2) is 0 Å². The fourth-order valence-electron chi connectivity index (χ4n) is 0.187. The first-order valence-corrected chi connectivity index (χ1v) is 6.20. The van der Waals surface area contributed by atoms with E-state index in [0.29, 0.717) is 6.42 Å². The van der Waals surface area contributed by atoms with Gasteiger partial charge in [-0.2, -0.15) is 25.3 Å². The van der Waals surface area contributed by atoms with Gasteiger partial charge in [0, 0.05) is 6.61 Å². The van der Waals surface area contributed by atoms with Gasteiger partial charge < -0.3 is 20.4 Å². The number of thiol groups is 2. The van der Waals surface area contributed by atoms with Gasteiger partial charge in [-0.05, 0) is 27.2 Å². The van der Waals surface area contributed by atoms with Crippen molar-refractivity contribution in [3.8, 4) is 0 Å². The minimum atomic E-state index is -0.877. The predicted molar refractivity (Wildman–Crippen MR) is 75.6 cm³/mol. The predicted octanol–water partition coefficient (Wildman–Crippen LogP) is 0.528. The molecule has 3 unspecified atom stereocenters. The summed E-state index contributed by atoms with van der Waals surface area (Å²) in [6, 6.07) is 0. The number of hydrogen-bond donors (Lipinski definition) is 6. The standard InChI is InChI=1S/C4H10O2.2C3H6O2S/c1-4(6)2-3-5;2*1-2(6)3(4)5/h4-6H,2-3H2,1H3;2*2,6H,1H3,(H,4,5). The van der Waals surface area contributed by atoms with Crippen molar-refractivity contribution < 1.29 is 30.0 Å². The lowest BCUT2D eigenvalue weighted by Gasteiger charge is -1.95. The van der Waals surface area contributed by atoms with Gasteiger partial charge in [-0.25, -0.2) is 0 Å². The number of carbonyl (C=O) groups is 2. The number of aliphatic carboxylic acids is 2. The molecule has 0 heterocycles. The normalized spacial score (nSPS) is 13.9. The van der Waals surface area contributed by atoms with Gasteiger partial charge in [-0.3, -0.25) is 9.59 Å². The Hall–Kier alpha value is -0.440. The fourth-order valence-corrected chi connectivity index (χ4v) is 0.187. The topological polar surface area (TPSA) is 115 Å². The van der Waals surface area contributed by atoms with E-state index in [1.54, 1.807) is 6.92 Å². The number of aliphatic hydroxyl groups is 2. The van der Waals surface area contributed by atoms with E-state index in [1.807, 2.05) is 0 Å². The molecule has 0 rings (SSSR count). The zero-order valence-electron chi connectivity index (χ0n) is 10.6. The summed E-state index contributed by atoms with van der Waals surface area (Å²) in [4.78, 5) is 19.2. The van der Waals surface area contributed by atoms with Gasteiger partial charge in [0.2, 0.25) is 0 Å². The lowest BCUT2D eigenvalue weighted by atomic mass is 10.3. The molecule has 0 radical (unpaired) electrons. The highest BCUT2D eigenvalue weighted by atomic mass is 32.1. The molecule has 0 amide bonds. The Morgan fingerprint density at radius 2 is 1.22 bits per heavy atom. The highest BCUT2D eigenvalue weighted by molar-refractivity contribution is 7.81. The average molecular weight is 302 g/mol. The van der Waals surface area contributed by atoms with Crippen molar-refractivity contribution in [3.63, 3.8) is 0 Å². The van der Waals surface area contributed by atoms with Crippen LogP contribution in [0.25, 0.3) is 0 Å². The third-order valence-electron chi connectivity index (χ3n) is 1.26. The van der Waals surface area contributed by atoms with Crippen LogP contribution in [0.2, 0.25) is 0 Å². The number of rotatable bonds is 4. The monoisotopic (exact) mass is 302 g/mol. The molecule has 0 aliphatic heterocycles. The second kappa shape index (κ2) is 14.6. The molecule has 0 aliphatic carbocycles. The molecule has 0 bridgehead atoms. The summed E-state index contributed by atoms with van der Waals surface area (Å²) in [5.74, 6) is -1.75. The molecule has 0 aromatic heterocycles. The van der Waals surface area contributed by atoms with Gasteiger partial charge in [0.05, 0.1) is 16.6 Å². The van der Waals surface area contributed by atoms with Crippen molar-refractivity contribution in [1.29, 1.82) is 0 Å². The Labute approximate surface area is 118 Å². The third kappa shape index (κ3) is 29.6. The van der Waals surface area contributed by atoms with Crippen LogP contribution in [0, 0.1) is 0 Å². The van der Waals surface area contributed by atoms with E-state index in [0.717, 1.165) is 0 Å². The molecule has 0 aromatic carbocycles. The van der Waals surface area contributed by atoms with Crippen LogP contribution in [-0.4, -0.2) is 55.6 Å². The van der Waals surface area contributed by atoms with Gasteiger partial charge >= 0.3 is 11.9 Å². The summed E-state index contributed by atoms with van der Waals surface area (Å²) in [5.41, 5.74) is 0. The van der Waals surface area contributed by atoms with Crippen LogP contribution in [0.3, 0.4) is 0 Å². The largest absolute Gasteiger partial charge is 0.480 e. The summed E-state index contributed by atoms with van der Waals surface area (Å²) in [5, 5.41) is 31.2. The molecule has 0 aliphatic rings. The molecule has 0 fully saturated rings. The molecule has 0 saturated carbocycles. The molecule has 18 heavy (non-hydrogen) atoms. The zero-order chi connectivity index (χ0) is 15.3. The summed E-state index contributed by atoms with van der Waals surface area (Å²) >= 11 is 7.19. The van der Waals surface area contributed by atoms with E-state index >= 15 is 0 Å². The summed E-state index contributed by atoms with van der Waals surface area (Å²) < 4.78 is 0. The SMILES string of the molecule is CC(O)CCO.CC(S)C(=O)O.CC(S)C(=O)O. The molecule has 6 nitrogen and oxygen atoms in total. The van der Waals surface area contributed by atoms with Crippen LogP contribution in [0.1, 0.15) is 27.2 Å². The number of carboxylic acid groups (broad SMARTS) is 2. The first kappa shape index (κ1) is 22.7. The van der Waals surface area contributed by atoms with Crippen LogP contribution in [0.5, 0.6) is 0 Å².